The summed E-state index contributed by atoms with van der Waals surface area (Å²) in [7, 11) is 0. The molecule has 0 bridgehead atoms. The van der Waals surface area contributed by atoms with Crippen molar-refractivity contribution < 1.29 is 9.47 Å². The van der Waals surface area contributed by atoms with Crippen LogP contribution in [0.4, 0.5) is 0 Å². The molecule has 0 saturated carbocycles. The van der Waals surface area contributed by atoms with Gasteiger partial charge in [-0.1, -0.05) is 84.6 Å². The minimum Gasteiger partial charge on any atom is -0.486 e. The van der Waals surface area contributed by atoms with Gasteiger partial charge in [-0.2, -0.15) is 0 Å². The van der Waals surface area contributed by atoms with E-state index in [1.54, 1.807) is 0 Å². The molecular weight excluding hydrogens is 394 g/mol. The van der Waals surface area contributed by atoms with Gasteiger partial charge >= 0.3 is 0 Å². The standard InChI is InChI=1S/C24H19N3O2S/c1-3-9-17(10-4-1)22-23(18-11-5-2-6-12-18)26-27-24(25-22)30-16-19-15-28-20-13-7-8-14-21(20)29-19/h1-14,19H,15-16H2/t19-/m0/s1. The summed E-state index contributed by atoms with van der Waals surface area (Å²) in [6.07, 6.45) is -0.0672. The fourth-order valence-electron chi connectivity index (χ4n) is 3.27. The summed E-state index contributed by atoms with van der Waals surface area (Å²) >= 11 is 1.52. The van der Waals surface area contributed by atoms with Gasteiger partial charge in [0.2, 0.25) is 5.16 Å². The molecule has 1 aliphatic rings. The van der Waals surface area contributed by atoms with E-state index in [0.717, 1.165) is 34.0 Å². The van der Waals surface area contributed by atoms with Crippen LogP contribution in [0.5, 0.6) is 11.5 Å². The number of thioether (sulfide) groups is 1. The first-order chi connectivity index (χ1) is 14.9. The van der Waals surface area contributed by atoms with E-state index >= 15 is 0 Å². The van der Waals surface area contributed by atoms with Crippen molar-refractivity contribution in [2.24, 2.45) is 0 Å². The van der Waals surface area contributed by atoms with Crippen LogP contribution in [0.25, 0.3) is 22.5 Å². The third kappa shape index (κ3) is 4.00. The normalized spacial score (nSPS) is 15.0. The van der Waals surface area contributed by atoms with E-state index in [1.807, 2.05) is 84.9 Å². The monoisotopic (exact) mass is 413 g/mol. The third-order valence-corrected chi connectivity index (χ3v) is 5.70. The van der Waals surface area contributed by atoms with E-state index in [0.29, 0.717) is 17.5 Å². The number of hydrogen-bond donors (Lipinski definition) is 0. The second kappa shape index (κ2) is 8.55. The Morgan fingerprint density at radius 2 is 1.37 bits per heavy atom. The molecule has 1 atom stereocenters. The maximum atomic E-state index is 6.04. The van der Waals surface area contributed by atoms with Gasteiger partial charge in [0.25, 0.3) is 0 Å². The molecule has 3 aromatic carbocycles. The first-order valence-corrected chi connectivity index (χ1v) is 10.7. The van der Waals surface area contributed by atoms with Gasteiger partial charge in [0, 0.05) is 16.9 Å². The van der Waals surface area contributed by atoms with Crippen molar-refractivity contribution >= 4 is 11.8 Å². The summed E-state index contributed by atoms with van der Waals surface area (Å²) in [5.74, 6) is 2.24. The Morgan fingerprint density at radius 3 is 2.10 bits per heavy atom. The van der Waals surface area contributed by atoms with E-state index in [4.69, 9.17) is 14.5 Å². The van der Waals surface area contributed by atoms with E-state index in [-0.39, 0.29) is 6.10 Å². The second-order valence-corrected chi connectivity index (χ2v) is 7.82. The minimum atomic E-state index is -0.0672. The van der Waals surface area contributed by atoms with E-state index < -0.39 is 0 Å². The zero-order chi connectivity index (χ0) is 20.2. The van der Waals surface area contributed by atoms with E-state index in [2.05, 4.69) is 10.2 Å². The molecular formula is C24H19N3O2S. The van der Waals surface area contributed by atoms with Crippen molar-refractivity contribution in [3.8, 4) is 34.0 Å². The maximum absolute atomic E-state index is 6.04. The molecule has 1 aromatic heterocycles. The van der Waals surface area contributed by atoms with E-state index in [9.17, 15) is 0 Å². The molecule has 0 amide bonds. The Kier molecular flexibility index (Phi) is 5.31. The number of rotatable bonds is 5. The average Bonchev–Trinajstić information content (AvgIpc) is 2.83. The van der Waals surface area contributed by atoms with Crippen molar-refractivity contribution in [1.82, 2.24) is 15.2 Å². The molecule has 30 heavy (non-hydrogen) atoms. The number of aromatic nitrogens is 3. The highest BCUT2D eigenvalue weighted by Crippen LogP contribution is 2.33. The van der Waals surface area contributed by atoms with Crippen LogP contribution < -0.4 is 9.47 Å². The fraction of sp³-hybridized carbons (Fsp3) is 0.125. The quantitative estimate of drug-likeness (QED) is 0.423. The summed E-state index contributed by atoms with van der Waals surface area (Å²) in [6.45, 7) is 0.505. The van der Waals surface area contributed by atoms with Gasteiger partial charge in [0.15, 0.2) is 11.5 Å². The fourth-order valence-corrected chi connectivity index (χ4v) is 4.03. The van der Waals surface area contributed by atoms with Crippen LogP contribution in [-0.4, -0.2) is 33.6 Å². The number of benzene rings is 3. The average molecular weight is 414 g/mol. The molecule has 5 nitrogen and oxygen atoms in total. The summed E-state index contributed by atoms with van der Waals surface area (Å²) in [5, 5.41) is 9.52. The van der Waals surface area contributed by atoms with Crippen LogP contribution in [0, 0.1) is 0 Å². The smallest absolute Gasteiger partial charge is 0.209 e. The zero-order valence-corrected chi connectivity index (χ0v) is 17.0. The molecule has 0 aliphatic carbocycles. The highest BCUT2D eigenvalue weighted by atomic mass is 32.2. The topological polar surface area (TPSA) is 57.1 Å². The van der Waals surface area contributed by atoms with Crippen molar-refractivity contribution in [2.45, 2.75) is 11.3 Å². The minimum absolute atomic E-state index is 0.0672. The summed E-state index contributed by atoms with van der Waals surface area (Å²) in [5.41, 5.74) is 3.61. The van der Waals surface area contributed by atoms with Gasteiger partial charge in [-0.3, -0.25) is 0 Å². The number of nitrogens with zero attached hydrogens (tertiary/aromatic N) is 3. The van der Waals surface area contributed by atoms with Crippen molar-refractivity contribution in [3.63, 3.8) is 0 Å². The predicted octanol–water partition coefficient (Wildman–Crippen LogP) is 5.14. The SMILES string of the molecule is c1ccc(-c2nnc(SC[C@@H]3COc4ccccc4O3)nc2-c2ccccc2)cc1. The summed E-state index contributed by atoms with van der Waals surface area (Å²) in [6, 6.07) is 27.8. The number of hydrogen-bond acceptors (Lipinski definition) is 6. The van der Waals surface area contributed by atoms with Crippen molar-refractivity contribution in [2.75, 3.05) is 12.4 Å². The van der Waals surface area contributed by atoms with Crippen LogP contribution in [0.15, 0.2) is 90.1 Å². The first-order valence-electron chi connectivity index (χ1n) is 9.74. The van der Waals surface area contributed by atoms with Crippen LogP contribution in [-0.2, 0) is 0 Å². The second-order valence-electron chi connectivity index (χ2n) is 6.83. The lowest BCUT2D eigenvalue weighted by Crippen LogP contribution is -2.31. The number of para-hydroxylation sites is 2. The Hall–Kier alpha value is -3.38. The molecule has 0 fully saturated rings. The number of ether oxygens (including phenoxy) is 2. The molecule has 148 valence electrons. The molecule has 1 aliphatic heterocycles. The number of fused-ring (bicyclic) bond motifs is 1. The Morgan fingerprint density at radius 1 is 0.733 bits per heavy atom. The van der Waals surface area contributed by atoms with Crippen LogP contribution in [0.3, 0.4) is 0 Å². The van der Waals surface area contributed by atoms with Crippen LogP contribution in [0.1, 0.15) is 0 Å². The van der Waals surface area contributed by atoms with Crippen molar-refractivity contribution in [3.05, 3.63) is 84.9 Å². The van der Waals surface area contributed by atoms with Gasteiger partial charge in [-0.25, -0.2) is 4.98 Å². The lowest BCUT2D eigenvalue weighted by molar-refractivity contribution is 0.107. The zero-order valence-electron chi connectivity index (χ0n) is 16.1. The molecule has 0 radical (unpaired) electrons. The van der Waals surface area contributed by atoms with Gasteiger partial charge < -0.3 is 9.47 Å². The first kappa shape index (κ1) is 18.6. The van der Waals surface area contributed by atoms with Crippen molar-refractivity contribution in [1.29, 1.82) is 0 Å². The molecule has 6 heteroatoms. The molecule has 5 rings (SSSR count). The Balaban J connectivity index is 1.39. The lowest BCUT2D eigenvalue weighted by atomic mass is 10.0. The molecule has 0 saturated heterocycles. The summed E-state index contributed by atoms with van der Waals surface area (Å²) in [4.78, 5) is 4.84. The largest absolute Gasteiger partial charge is 0.486 e. The molecule has 0 N–H and O–H groups in total. The van der Waals surface area contributed by atoms with Gasteiger partial charge in [-0.15, -0.1) is 10.2 Å². The Labute approximate surface area is 179 Å². The molecule has 2 heterocycles. The van der Waals surface area contributed by atoms with Crippen LogP contribution >= 0.6 is 11.8 Å². The van der Waals surface area contributed by atoms with Crippen LogP contribution in [0.2, 0.25) is 0 Å². The predicted molar refractivity (Wildman–Crippen MR) is 118 cm³/mol. The highest BCUT2D eigenvalue weighted by molar-refractivity contribution is 7.99. The maximum Gasteiger partial charge on any atom is 0.209 e. The molecule has 0 spiro atoms. The van der Waals surface area contributed by atoms with Gasteiger partial charge in [-0.05, 0) is 12.1 Å². The summed E-state index contributed by atoms with van der Waals surface area (Å²) < 4.78 is 11.8. The molecule has 4 aromatic rings. The van der Waals surface area contributed by atoms with E-state index in [1.165, 1.54) is 11.8 Å². The Bertz CT molecular complexity index is 1140. The third-order valence-electron chi connectivity index (χ3n) is 4.73. The van der Waals surface area contributed by atoms with Gasteiger partial charge in [0.05, 0.1) is 0 Å². The lowest BCUT2D eigenvalue weighted by Gasteiger charge is -2.25. The highest BCUT2D eigenvalue weighted by Gasteiger charge is 2.22. The molecule has 0 unspecified atom stereocenters. The van der Waals surface area contributed by atoms with Gasteiger partial charge in [0.1, 0.15) is 24.1 Å².